The number of nitrogens with one attached hydrogen (secondary N) is 1. The van der Waals surface area contributed by atoms with Crippen molar-refractivity contribution >= 4 is 5.69 Å². The highest BCUT2D eigenvalue weighted by Crippen LogP contribution is 2.34. The van der Waals surface area contributed by atoms with Gasteiger partial charge in [-0.25, -0.2) is 0 Å². The number of anilines is 1. The number of nitrogens with zero attached hydrogens (tertiary/aromatic N) is 3. The summed E-state index contributed by atoms with van der Waals surface area (Å²) < 4.78 is 2.24. The lowest BCUT2D eigenvalue weighted by atomic mass is 9.98. The number of allylic oxidation sites excluding steroid dienone is 1. The molecule has 0 amide bonds. The van der Waals surface area contributed by atoms with Gasteiger partial charge in [0.2, 0.25) is 0 Å². The van der Waals surface area contributed by atoms with Crippen LogP contribution in [-0.2, 0) is 0 Å². The SMILES string of the molecule is C=C(C)N1CCC(n2nccc2-c2ccc(C(N)CC)c(NC3CCCC3)c2)CC1. The lowest BCUT2D eigenvalue weighted by Crippen LogP contribution is -2.33. The zero-order valence-corrected chi connectivity index (χ0v) is 18.6. The molecule has 0 radical (unpaired) electrons. The molecule has 1 aliphatic carbocycles. The van der Waals surface area contributed by atoms with E-state index >= 15 is 0 Å². The van der Waals surface area contributed by atoms with Gasteiger partial charge in [0.1, 0.15) is 0 Å². The van der Waals surface area contributed by atoms with Crippen molar-refractivity contribution < 1.29 is 0 Å². The van der Waals surface area contributed by atoms with Gasteiger partial charge >= 0.3 is 0 Å². The van der Waals surface area contributed by atoms with E-state index in [2.05, 4.69) is 59.6 Å². The molecule has 5 nitrogen and oxygen atoms in total. The van der Waals surface area contributed by atoms with E-state index in [9.17, 15) is 0 Å². The van der Waals surface area contributed by atoms with Crippen LogP contribution in [0.1, 0.15) is 76.4 Å². The molecule has 1 aromatic heterocycles. The minimum Gasteiger partial charge on any atom is -0.382 e. The Labute approximate surface area is 181 Å². The van der Waals surface area contributed by atoms with E-state index in [0.29, 0.717) is 12.1 Å². The Hall–Kier alpha value is -2.27. The summed E-state index contributed by atoms with van der Waals surface area (Å²) in [6.45, 7) is 10.5. The van der Waals surface area contributed by atoms with Crippen molar-refractivity contribution in [2.45, 2.75) is 76.9 Å². The zero-order valence-electron chi connectivity index (χ0n) is 18.6. The minimum atomic E-state index is 0.0688. The molecule has 2 heterocycles. The molecule has 1 aromatic carbocycles. The molecular formula is C25H37N5. The zero-order chi connectivity index (χ0) is 21.1. The topological polar surface area (TPSA) is 59.1 Å². The van der Waals surface area contributed by atoms with Gasteiger partial charge in [-0.15, -0.1) is 0 Å². The van der Waals surface area contributed by atoms with E-state index in [-0.39, 0.29) is 6.04 Å². The Bertz CT molecular complexity index is 856. The molecule has 1 unspecified atom stereocenters. The summed E-state index contributed by atoms with van der Waals surface area (Å²) in [5, 5.41) is 8.54. The van der Waals surface area contributed by atoms with Gasteiger partial charge in [0.15, 0.2) is 0 Å². The maximum atomic E-state index is 6.45. The lowest BCUT2D eigenvalue weighted by Gasteiger charge is -2.34. The first-order valence-corrected chi connectivity index (χ1v) is 11.7. The molecule has 1 atom stereocenters. The van der Waals surface area contributed by atoms with Crippen LogP contribution in [0.3, 0.4) is 0 Å². The van der Waals surface area contributed by atoms with Gasteiger partial charge in [0, 0.05) is 48.3 Å². The second-order valence-electron chi connectivity index (χ2n) is 9.06. The first-order chi connectivity index (χ1) is 14.6. The first-order valence-electron chi connectivity index (χ1n) is 11.7. The minimum absolute atomic E-state index is 0.0688. The summed E-state index contributed by atoms with van der Waals surface area (Å²) in [4.78, 5) is 2.38. The molecule has 3 N–H and O–H groups in total. The van der Waals surface area contributed by atoms with Gasteiger partial charge in [-0.05, 0) is 56.7 Å². The largest absolute Gasteiger partial charge is 0.382 e. The molecule has 2 aliphatic rings. The molecule has 5 heteroatoms. The quantitative estimate of drug-likeness (QED) is 0.637. The fourth-order valence-corrected chi connectivity index (χ4v) is 5.00. The monoisotopic (exact) mass is 407 g/mol. The molecule has 2 fully saturated rings. The van der Waals surface area contributed by atoms with Gasteiger partial charge in [-0.3, -0.25) is 4.68 Å². The summed E-state index contributed by atoms with van der Waals surface area (Å²) >= 11 is 0. The van der Waals surface area contributed by atoms with Crippen LogP contribution in [0.5, 0.6) is 0 Å². The highest BCUT2D eigenvalue weighted by molar-refractivity contribution is 5.68. The van der Waals surface area contributed by atoms with Crippen LogP contribution in [-0.4, -0.2) is 33.8 Å². The van der Waals surface area contributed by atoms with Crippen molar-refractivity contribution in [1.82, 2.24) is 14.7 Å². The van der Waals surface area contributed by atoms with E-state index < -0.39 is 0 Å². The summed E-state index contributed by atoms with van der Waals surface area (Å²) in [5.41, 5.74) is 12.5. The molecule has 30 heavy (non-hydrogen) atoms. The van der Waals surface area contributed by atoms with Crippen molar-refractivity contribution in [3.63, 3.8) is 0 Å². The Morgan fingerprint density at radius 3 is 2.60 bits per heavy atom. The van der Waals surface area contributed by atoms with E-state index in [1.54, 1.807) is 0 Å². The van der Waals surface area contributed by atoms with E-state index in [0.717, 1.165) is 32.4 Å². The second kappa shape index (κ2) is 9.25. The van der Waals surface area contributed by atoms with E-state index in [4.69, 9.17) is 10.8 Å². The maximum Gasteiger partial charge on any atom is 0.0686 e. The number of hydrogen-bond acceptors (Lipinski definition) is 4. The van der Waals surface area contributed by atoms with Crippen LogP contribution in [0.15, 0.2) is 42.7 Å². The van der Waals surface area contributed by atoms with Crippen LogP contribution in [0.4, 0.5) is 5.69 Å². The van der Waals surface area contributed by atoms with Crippen LogP contribution >= 0.6 is 0 Å². The van der Waals surface area contributed by atoms with Crippen molar-refractivity contribution in [1.29, 1.82) is 0 Å². The summed E-state index contributed by atoms with van der Waals surface area (Å²) in [6, 6.07) is 9.98. The average Bonchev–Trinajstić information content (AvgIpc) is 3.45. The van der Waals surface area contributed by atoms with Gasteiger partial charge in [0.25, 0.3) is 0 Å². The highest BCUT2D eigenvalue weighted by atomic mass is 15.3. The standard InChI is InChI=1S/C25H37N5/c1-4-23(26)22-10-9-19(17-24(22)28-20-7-5-6-8-20)25-11-14-27-30(25)21-12-15-29(16-13-21)18(2)3/h9-11,14,17,20-21,23,28H,2,4-8,12-13,15-16,26H2,1,3H3. The highest BCUT2D eigenvalue weighted by Gasteiger charge is 2.24. The van der Waals surface area contributed by atoms with Gasteiger partial charge in [-0.1, -0.05) is 38.5 Å². The van der Waals surface area contributed by atoms with Crippen molar-refractivity contribution in [3.8, 4) is 11.3 Å². The Morgan fingerprint density at radius 2 is 1.93 bits per heavy atom. The fourth-order valence-electron chi connectivity index (χ4n) is 5.00. The molecule has 4 rings (SSSR count). The molecule has 1 saturated heterocycles. The van der Waals surface area contributed by atoms with Crippen molar-refractivity contribution in [2.75, 3.05) is 18.4 Å². The van der Waals surface area contributed by atoms with Crippen LogP contribution in [0.25, 0.3) is 11.3 Å². The Balaban J connectivity index is 1.60. The smallest absolute Gasteiger partial charge is 0.0686 e. The van der Waals surface area contributed by atoms with E-state index in [1.807, 2.05) is 6.20 Å². The fraction of sp³-hybridized carbons (Fsp3) is 0.560. The number of hydrogen-bond donors (Lipinski definition) is 2. The Morgan fingerprint density at radius 1 is 1.20 bits per heavy atom. The van der Waals surface area contributed by atoms with Gasteiger partial charge in [0.05, 0.1) is 11.7 Å². The molecule has 0 spiro atoms. The van der Waals surface area contributed by atoms with Crippen molar-refractivity contribution in [3.05, 3.63) is 48.3 Å². The average molecular weight is 408 g/mol. The predicted molar refractivity (Wildman–Crippen MR) is 125 cm³/mol. The van der Waals surface area contributed by atoms with Gasteiger partial charge < -0.3 is 16.0 Å². The number of aromatic nitrogens is 2. The number of nitrogens with two attached hydrogens (primary N) is 1. The number of piperidine rings is 1. The third-order valence-electron chi connectivity index (χ3n) is 6.92. The molecule has 2 aromatic rings. The normalized spacial score (nSPS) is 19.2. The molecule has 0 bridgehead atoms. The van der Waals surface area contributed by atoms with Crippen LogP contribution < -0.4 is 11.1 Å². The molecule has 162 valence electrons. The molecule has 1 aliphatic heterocycles. The van der Waals surface area contributed by atoms with Crippen molar-refractivity contribution in [2.24, 2.45) is 5.73 Å². The summed E-state index contributed by atoms with van der Waals surface area (Å²) in [6.07, 6.45) is 10.2. The summed E-state index contributed by atoms with van der Waals surface area (Å²) in [5.74, 6) is 0. The summed E-state index contributed by atoms with van der Waals surface area (Å²) in [7, 11) is 0. The maximum absolute atomic E-state index is 6.45. The third kappa shape index (κ3) is 4.41. The number of benzene rings is 1. The molecular weight excluding hydrogens is 370 g/mol. The predicted octanol–water partition coefficient (Wildman–Crippen LogP) is 5.48. The molecule has 1 saturated carbocycles. The van der Waals surface area contributed by atoms with Gasteiger partial charge in [-0.2, -0.15) is 5.10 Å². The first kappa shape index (κ1) is 21.0. The number of likely N-dealkylation sites (tertiary alicyclic amines) is 1. The van der Waals surface area contributed by atoms with Crippen LogP contribution in [0, 0.1) is 0 Å². The van der Waals surface area contributed by atoms with Crippen LogP contribution in [0.2, 0.25) is 0 Å². The Kier molecular flexibility index (Phi) is 6.47. The number of rotatable bonds is 7. The van der Waals surface area contributed by atoms with E-state index in [1.165, 1.54) is 53.9 Å². The lowest BCUT2D eigenvalue weighted by molar-refractivity contribution is 0.221. The third-order valence-corrected chi connectivity index (χ3v) is 6.92. The second-order valence-corrected chi connectivity index (χ2v) is 9.06.